The molecular formula is C24H31N3O3. The van der Waals surface area contributed by atoms with Gasteiger partial charge < -0.3 is 15.0 Å². The molecule has 30 heavy (non-hydrogen) atoms. The lowest BCUT2D eigenvalue weighted by molar-refractivity contribution is -0.132. The Bertz CT molecular complexity index is 843. The summed E-state index contributed by atoms with van der Waals surface area (Å²) in [6, 6.07) is 15.9. The van der Waals surface area contributed by atoms with Crippen molar-refractivity contribution in [1.29, 1.82) is 0 Å². The fraction of sp³-hybridized carbons (Fsp3) is 0.417. The Balaban J connectivity index is 1.35. The highest BCUT2D eigenvalue weighted by molar-refractivity contribution is 5.79. The smallest absolute Gasteiger partial charge is 0.234 e. The average molecular weight is 410 g/mol. The van der Waals surface area contributed by atoms with Gasteiger partial charge in [0.2, 0.25) is 11.8 Å². The summed E-state index contributed by atoms with van der Waals surface area (Å²) in [5, 5.41) is 2.99. The Labute approximate surface area is 178 Å². The molecule has 160 valence electrons. The quantitative estimate of drug-likeness (QED) is 0.725. The van der Waals surface area contributed by atoms with Crippen molar-refractivity contribution in [3.63, 3.8) is 0 Å². The monoisotopic (exact) mass is 409 g/mol. The van der Waals surface area contributed by atoms with Gasteiger partial charge in [-0.3, -0.25) is 14.5 Å². The van der Waals surface area contributed by atoms with Crippen LogP contribution in [0, 0.1) is 6.92 Å². The Morgan fingerprint density at radius 2 is 1.70 bits per heavy atom. The van der Waals surface area contributed by atoms with E-state index in [2.05, 4.69) is 10.2 Å². The maximum Gasteiger partial charge on any atom is 0.234 e. The van der Waals surface area contributed by atoms with Gasteiger partial charge in [-0.15, -0.1) is 0 Å². The fourth-order valence-electron chi connectivity index (χ4n) is 3.64. The second-order valence-corrected chi connectivity index (χ2v) is 7.71. The predicted octanol–water partition coefficient (Wildman–Crippen LogP) is 2.05. The van der Waals surface area contributed by atoms with Gasteiger partial charge >= 0.3 is 0 Å². The van der Waals surface area contributed by atoms with Crippen molar-refractivity contribution in [2.75, 3.05) is 46.4 Å². The minimum atomic E-state index is 0.0307. The number of hydrogen-bond donors (Lipinski definition) is 1. The number of methoxy groups -OCH3 is 1. The minimum Gasteiger partial charge on any atom is -0.497 e. The van der Waals surface area contributed by atoms with Gasteiger partial charge in [-0.1, -0.05) is 36.4 Å². The third-order valence-corrected chi connectivity index (χ3v) is 5.59. The van der Waals surface area contributed by atoms with Crippen molar-refractivity contribution in [2.24, 2.45) is 0 Å². The van der Waals surface area contributed by atoms with E-state index in [0.717, 1.165) is 42.0 Å². The number of aryl methyl sites for hydroxylation is 1. The maximum atomic E-state index is 12.6. The predicted molar refractivity (Wildman–Crippen MR) is 118 cm³/mol. The molecule has 0 unspecified atom stereocenters. The first-order chi connectivity index (χ1) is 14.5. The van der Waals surface area contributed by atoms with Crippen molar-refractivity contribution in [2.45, 2.75) is 19.8 Å². The molecule has 0 radical (unpaired) electrons. The lowest BCUT2D eigenvalue weighted by Crippen LogP contribution is -2.51. The molecule has 6 nitrogen and oxygen atoms in total. The number of carbonyl (C=O) groups is 2. The number of amides is 2. The molecule has 0 saturated carbocycles. The first-order valence-corrected chi connectivity index (χ1v) is 10.5. The van der Waals surface area contributed by atoms with Gasteiger partial charge in [0.1, 0.15) is 5.75 Å². The maximum absolute atomic E-state index is 12.6. The zero-order valence-corrected chi connectivity index (χ0v) is 17.9. The van der Waals surface area contributed by atoms with E-state index >= 15 is 0 Å². The van der Waals surface area contributed by atoms with Crippen LogP contribution in [0.3, 0.4) is 0 Å². The minimum absolute atomic E-state index is 0.0307. The fourth-order valence-corrected chi connectivity index (χ4v) is 3.64. The van der Waals surface area contributed by atoms with E-state index < -0.39 is 0 Å². The molecule has 2 aromatic carbocycles. The molecule has 1 saturated heterocycles. The number of benzene rings is 2. The summed E-state index contributed by atoms with van der Waals surface area (Å²) >= 11 is 0. The molecule has 0 atom stereocenters. The number of rotatable bonds is 8. The molecule has 0 aromatic heterocycles. The number of hydrogen-bond acceptors (Lipinski definition) is 4. The van der Waals surface area contributed by atoms with Crippen molar-refractivity contribution < 1.29 is 14.3 Å². The van der Waals surface area contributed by atoms with Gasteiger partial charge in [0, 0.05) is 32.7 Å². The Kier molecular flexibility index (Phi) is 7.85. The number of nitrogens with one attached hydrogen (secondary N) is 1. The molecule has 1 aliphatic heterocycles. The van der Waals surface area contributed by atoms with Crippen LogP contribution in [-0.2, 0) is 22.4 Å². The lowest BCUT2D eigenvalue weighted by Gasteiger charge is -2.34. The van der Waals surface area contributed by atoms with Crippen molar-refractivity contribution >= 4 is 11.8 Å². The molecule has 1 heterocycles. The summed E-state index contributed by atoms with van der Waals surface area (Å²) in [4.78, 5) is 28.8. The van der Waals surface area contributed by atoms with Crippen molar-refractivity contribution in [3.8, 4) is 5.75 Å². The average Bonchev–Trinajstić information content (AvgIpc) is 2.76. The van der Waals surface area contributed by atoms with Crippen LogP contribution in [-0.4, -0.2) is 68.0 Å². The summed E-state index contributed by atoms with van der Waals surface area (Å²) in [5.74, 6) is 1.02. The molecule has 2 aromatic rings. The Morgan fingerprint density at radius 1 is 1.00 bits per heavy atom. The van der Waals surface area contributed by atoms with Crippen LogP contribution in [0.1, 0.15) is 16.7 Å². The van der Waals surface area contributed by atoms with Crippen molar-refractivity contribution in [1.82, 2.24) is 15.1 Å². The van der Waals surface area contributed by atoms with E-state index in [4.69, 9.17) is 4.74 Å². The second kappa shape index (κ2) is 10.8. The normalized spacial score (nSPS) is 14.4. The van der Waals surface area contributed by atoms with Crippen LogP contribution < -0.4 is 10.1 Å². The molecule has 0 aliphatic carbocycles. The van der Waals surface area contributed by atoms with Crippen LogP contribution >= 0.6 is 0 Å². The number of nitrogens with zero attached hydrogens (tertiary/aromatic N) is 2. The molecule has 3 rings (SSSR count). The molecule has 1 fully saturated rings. The van der Waals surface area contributed by atoms with Crippen LogP contribution in [0.4, 0.5) is 0 Å². The van der Waals surface area contributed by atoms with Gasteiger partial charge in [0.25, 0.3) is 0 Å². The van der Waals surface area contributed by atoms with E-state index in [-0.39, 0.29) is 11.8 Å². The molecule has 1 N–H and O–H groups in total. The van der Waals surface area contributed by atoms with Crippen LogP contribution in [0.5, 0.6) is 5.75 Å². The summed E-state index contributed by atoms with van der Waals surface area (Å²) < 4.78 is 5.15. The summed E-state index contributed by atoms with van der Waals surface area (Å²) in [5.41, 5.74) is 3.40. The van der Waals surface area contributed by atoms with Crippen LogP contribution in [0.25, 0.3) is 0 Å². The van der Waals surface area contributed by atoms with Gasteiger partial charge in [-0.2, -0.15) is 0 Å². The van der Waals surface area contributed by atoms with E-state index in [0.29, 0.717) is 32.6 Å². The second-order valence-electron chi connectivity index (χ2n) is 7.71. The molecule has 1 aliphatic rings. The standard InChI is InChI=1S/C24H31N3O3/c1-19-5-3-4-6-21(19)17-24(29)27-15-13-26(14-16-27)18-23(28)25-12-11-20-7-9-22(30-2)10-8-20/h3-10H,11-18H2,1-2H3,(H,25,28). The highest BCUT2D eigenvalue weighted by Crippen LogP contribution is 2.12. The highest BCUT2D eigenvalue weighted by atomic mass is 16.5. The molecule has 2 amide bonds. The zero-order valence-electron chi connectivity index (χ0n) is 17.9. The first-order valence-electron chi connectivity index (χ1n) is 10.5. The molecular weight excluding hydrogens is 378 g/mol. The molecule has 0 bridgehead atoms. The number of carbonyl (C=O) groups excluding carboxylic acids is 2. The van der Waals surface area contributed by atoms with Crippen molar-refractivity contribution in [3.05, 3.63) is 65.2 Å². The van der Waals surface area contributed by atoms with E-state index in [9.17, 15) is 9.59 Å². The van der Waals surface area contributed by atoms with Gasteiger partial charge in [0.15, 0.2) is 0 Å². The van der Waals surface area contributed by atoms with E-state index in [1.165, 1.54) is 0 Å². The van der Waals surface area contributed by atoms with Gasteiger partial charge in [0.05, 0.1) is 20.1 Å². The third kappa shape index (κ3) is 6.32. The third-order valence-electron chi connectivity index (χ3n) is 5.59. The van der Waals surface area contributed by atoms with Crippen LogP contribution in [0.2, 0.25) is 0 Å². The summed E-state index contributed by atoms with van der Waals surface area (Å²) in [7, 11) is 1.65. The first kappa shape index (κ1) is 21.8. The largest absolute Gasteiger partial charge is 0.497 e. The van der Waals surface area contributed by atoms with Gasteiger partial charge in [-0.05, 0) is 42.2 Å². The summed E-state index contributed by atoms with van der Waals surface area (Å²) in [6.45, 7) is 5.82. The van der Waals surface area contributed by atoms with E-state index in [1.807, 2.05) is 60.4 Å². The van der Waals surface area contributed by atoms with Gasteiger partial charge in [-0.25, -0.2) is 0 Å². The number of piperazine rings is 1. The Morgan fingerprint density at radius 3 is 2.37 bits per heavy atom. The topological polar surface area (TPSA) is 61.9 Å². The SMILES string of the molecule is COc1ccc(CCNC(=O)CN2CCN(C(=O)Cc3ccccc3C)CC2)cc1. The Hall–Kier alpha value is -2.86. The number of ether oxygens (including phenoxy) is 1. The molecule has 0 spiro atoms. The molecule has 6 heteroatoms. The highest BCUT2D eigenvalue weighted by Gasteiger charge is 2.22. The zero-order chi connectivity index (χ0) is 21.3. The summed E-state index contributed by atoms with van der Waals surface area (Å²) in [6.07, 6.45) is 1.23. The lowest BCUT2D eigenvalue weighted by atomic mass is 10.1. The van der Waals surface area contributed by atoms with E-state index in [1.54, 1.807) is 7.11 Å². The van der Waals surface area contributed by atoms with Crippen LogP contribution in [0.15, 0.2) is 48.5 Å².